The van der Waals surface area contributed by atoms with Gasteiger partial charge in [-0.05, 0) is 25.1 Å². The van der Waals surface area contributed by atoms with Crippen molar-refractivity contribution < 1.29 is 23.5 Å². The average Bonchev–Trinajstić information content (AvgIpc) is 2.53. The number of nitrogens with two attached hydrogens (primary N) is 1. The highest BCUT2D eigenvalue weighted by molar-refractivity contribution is 8.00. The van der Waals surface area contributed by atoms with Gasteiger partial charge < -0.3 is 16.2 Å². The summed E-state index contributed by atoms with van der Waals surface area (Å²) in [4.78, 5) is 40.9. The monoisotopic (exact) mass is 370 g/mol. The first-order valence-electron chi connectivity index (χ1n) is 6.74. The number of carboxylic acids is 1. The van der Waals surface area contributed by atoms with E-state index in [4.69, 9.17) is 10.8 Å². The molecule has 1 aromatic carbocycles. The lowest BCUT2D eigenvalue weighted by atomic mass is 10.2. The van der Waals surface area contributed by atoms with E-state index >= 15 is 0 Å². The number of carbonyl (C=O) groups excluding carboxylic acids is 1. The van der Waals surface area contributed by atoms with Crippen LogP contribution in [0.1, 0.15) is 17.3 Å². The van der Waals surface area contributed by atoms with Gasteiger partial charge in [-0.25, -0.2) is 13.8 Å². The second kappa shape index (κ2) is 7.30. The predicted octanol–water partition coefficient (Wildman–Crippen LogP) is 1.45. The molecule has 0 spiro atoms. The number of thioether (sulfide) groups is 1. The van der Waals surface area contributed by atoms with Gasteiger partial charge in [0.2, 0.25) is 0 Å². The smallest absolute Gasteiger partial charge is 0.316 e. The van der Waals surface area contributed by atoms with Gasteiger partial charge in [0.1, 0.15) is 10.9 Å². The number of hydrogen-bond donors (Lipinski definition) is 4. The Morgan fingerprint density at radius 3 is 2.60 bits per heavy atom. The predicted molar refractivity (Wildman–Crippen MR) is 86.5 cm³/mol. The van der Waals surface area contributed by atoms with E-state index in [-0.39, 0.29) is 22.2 Å². The second-order valence-corrected chi connectivity index (χ2v) is 6.14. The maximum absolute atomic E-state index is 13.2. The van der Waals surface area contributed by atoms with Crippen molar-refractivity contribution in [1.29, 1.82) is 0 Å². The fraction of sp³-hybridized carbons (Fsp3) is 0.143. The first-order chi connectivity index (χ1) is 11.7. The highest BCUT2D eigenvalue weighted by Crippen LogP contribution is 2.21. The van der Waals surface area contributed by atoms with Gasteiger partial charge in [0, 0.05) is 5.56 Å². The summed E-state index contributed by atoms with van der Waals surface area (Å²) in [6, 6.07) is 2.47. The molecule has 5 N–H and O–H groups in total. The third-order valence-corrected chi connectivity index (χ3v) is 3.95. The molecule has 0 aliphatic carbocycles. The molecule has 1 amide bonds. The van der Waals surface area contributed by atoms with Crippen LogP contribution < -0.4 is 16.6 Å². The average molecular weight is 370 g/mol. The molecule has 0 aliphatic rings. The summed E-state index contributed by atoms with van der Waals surface area (Å²) in [5, 5.41) is 10.1. The number of nitrogens with zero attached hydrogens (tertiary/aromatic N) is 1. The molecule has 2 aromatic rings. The van der Waals surface area contributed by atoms with Gasteiger partial charge in [0.05, 0.1) is 0 Å². The molecule has 0 aliphatic heterocycles. The Bertz CT molecular complexity index is 903. The number of benzene rings is 1. The van der Waals surface area contributed by atoms with Gasteiger partial charge in [-0.1, -0.05) is 11.8 Å². The third kappa shape index (κ3) is 4.32. The Hall–Kier alpha value is -2.95. The highest BCUT2D eigenvalue weighted by atomic mass is 32.2. The molecule has 1 atom stereocenters. The topological polar surface area (TPSA) is 138 Å². The standard InChI is InChI=1S/C14H12F2N4O4S/c1-5(13(23)24)25-14-19-10(17)9(12(22)20-14)18-11(21)6-2-3-7(15)8(16)4-6/h2-5H,1H3,(H,18,21)(H,23,24)(H3,17,19,20,22). The van der Waals surface area contributed by atoms with Crippen molar-refractivity contribution in [3.63, 3.8) is 0 Å². The van der Waals surface area contributed by atoms with Crippen molar-refractivity contribution >= 4 is 35.1 Å². The largest absolute Gasteiger partial charge is 0.480 e. The minimum absolute atomic E-state index is 0.0387. The number of hydrogen-bond acceptors (Lipinski definition) is 6. The van der Waals surface area contributed by atoms with E-state index in [0.717, 1.165) is 23.9 Å². The van der Waals surface area contributed by atoms with E-state index in [1.165, 1.54) is 6.92 Å². The highest BCUT2D eigenvalue weighted by Gasteiger charge is 2.18. The minimum atomic E-state index is -1.22. The molecule has 11 heteroatoms. The van der Waals surface area contributed by atoms with Crippen LogP contribution in [-0.4, -0.2) is 32.2 Å². The lowest BCUT2D eigenvalue weighted by Gasteiger charge is -2.10. The maximum atomic E-state index is 13.2. The molecule has 0 bridgehead atoms. The Kier molecular flexibility index (Phi) is 5.37. The normalized spacial score (nSPS) is 11.8. The summed E-state index contributed by atoms with van der Waals surface area (Å²) in [5.74, 6) is -4.69. The Balaban J connectivity index is 2.25. The number of amides is 1. The molecule has 1 heterocycles. The van der Waals surface area contributed by atoms with Crippen LogP contribution in [0.4, 0.5) is 20.3 Å². The summed E-state index contributed by atoms with van der Waals surface area (Å²) in [7, 11) is 0. The van der Waals surface area contributed by atoms with Gasteiger partial charge in [-0.15, -0.1) is 0 Å². The molecule has 2 rings (SSSR count). The molecule has 8 nitrogen and oxygen atoms in total. The van der Waals surface area contributed by atoms with Gasteiger partial charge in [-0.3, -0.25) is 19.4 Å². The summed E-state index contributed by atoms with van der Waals surface area (Å²) >= 11 is 0.757. The van der Waals surface area contributed by atoms with Crippen LogP contribution in [0.5, 0.6) is 0 Å². The fourth-order valence-corrected chi connectivity index (χ4v) is 2.43. The van der Waals surface area contributed by atoms with Crippen molar-refractivity contribution in [3.8, 4) is 0 Å². The number of carboxylic acid groups (broad SMARTS) is 1. The number of anilines is 2. The van der Waals surface area contributed by atoms with E-state index in [0.29, 0.717) is 6.07 Å². The number of aromatic amines is 1. The van der Waals surface area contributed by atoms with Crippen LogP contribution in [-0.2, 0) is 4.79 Å². The van der Waals surface area contributed by atoms with E-state index in [9.17, 15) is 23.2 Å². The maximum Gasteiger partial charge on any atom is 0.316 e. The van der Waals surface area contributed by atoms with Crippen molar-refractivity contribution in [2.24, 2.45) is 0 Å². The van der Waals surface area contributed by atoms with Crippen LogP contribution in [0, 0.1) is 11.6 Å². The van der Waals surface area contributed by atoms with Crippen LogP contribution >= 0.6 is 11.8 Å². The molecule has 1 aromatic heterocycles. The molecule has 0 saturated carbocycles. The van der Waals surface area contributed by atoms with Crippen LogP contribution in [0.2, 0.25) is 0 Å². The molecule has 0 radical (unpaired) electrons. The number of aliphatic carboxylic acids is 1. The van der Waals surface area contributed by atoms with Crippen LogP contribution in [0.15, 0.2) is 28.2 Å². The van der Waals surface area contributed by atoms with Gasteiger partial charge in [0.15, 0.2) is 22.6 Å². The lowest BCUT2D eigenvalue weighted by Crippen LogP contribution is -2.23. The molecule has 0 fully saturated rings. The summed E-state index contributed by atoms with van der Waals surface area (Å²) in [6.45, 7) is 1.39. The molecular weight excluding hydrogens is 358 g/mol. The third-order valence-electron chi connectivity index (χ3n) is 2.98. The van der Waals surface area contributed by atoms with E-state index < -0.39 is 34.3 Å². The first kappa shape index (κ1) is 18.4. The first-order valence-corrected chi connectivity index (χ1v) is 7.62. The Labute approximate surface area is 143 Å². The molecule has 132 valence electrons. The van der Waals surface area contributed by atoms with Crippen LogP contribution in [0.3, 0.4) is 0 Å². The van der Waals surface area contributed by atoms with Crippen molar-refractivity contribution in [1.82, 2.24) is 9.97 Å². The zero-order valence-electron chi connectivity index (χ0n) is 12.7. The van der Waals surface area contributed by atoms with E-state index in [1.807, 2.05) is 0 Å². The Morgan fingerprint density at radius 1 is 1.36 bits per heavy atom. The van der Waals surface area contributed by atoms with Crippen molar-refractivity contribution in [2.45, 2.75) is 17.3 Å². The van der Waals surface area contributed by atoms with E-state index in [1.54, 1.807) is 0 Å². The number of rotatable bonds is 5. The fourth-order valence-electron chi connectivity index (χ4n) is 1.69. The zero-order chi connectivity index (χ0) is 18.7. The molecule has 0 saturated heterocycles. The van der Waals surface area contributed by atoms with E-state index in [2.05, 4.69) is 15.3 Å². The molecule has 1 unspecified atom stereocenters. The van der Waals surface area contributed by atoms with Crippen molar-refractivity contribution in [2.75, 3.05) is 11.1 Å². The number of nitrogens with one attached hydrogen (secondary N) is 2. The zero-order valence-corrected chi connectivity index (χ0v) is 13.5. The number of halogens is 2. The second-order valence-electron chi connectivity index (χ2n) is 4.81. The summed E-state index contributed by atoms with van der Waals surface area (Å²) in [5.41, 5.74) is 4.18. The number of carbonyl (C=O) groups is 2. The number of H-pyrrole nitrogens is 1. The van der Waals surface area contributed by atoms with Gasteiger partial charge >= 0.3 is 5.97 Å². The van der Waals surface area contributed by atoms with Gasteiger partial charge in [-0.2, -0.15) is 0 Å². The SMILES string of the molecule is CC(Sc1nc(N)c(NC(=O)c2ccc(F)c(F)c2)c(=O)[nH]1)C(=O)O. The minimum Gasteiger partial charge on any atom is -0.480 e. The molecule has 25 heavy (non-hydrogen) atoms. The lowest BCUT2D eigenvalue weighted by molar-refractivity contribution is -0.136. The number of nitrogen functional groups attached to an aromatic ring is 1. The van der Waals surface area contributed by atoms with Gasteiger partial charge in [0.25, 0.3) is 11.5 Å². The number of aromatic nitrogens is 2. The Morgan fingerprint density at radius 2 is 2.04 bits per heavy atom. The quantitative estimate of drug-likeness (QED) is 0.461. The summed E-state index contributed by atoms with van der Waals surface area (Å²) in [6.07, 6.45) is 0. The van der Waals surface area contributed by atoms with Crippen LogP contribution in [0.25, 0.3) is 0 Å². The van der Waals surface area contributed by atoms with Crippen molar-refractivity contribution in [3.05, 3.63) is 45.8 Å². The molecular formula is C14H12F2N4O4S. The summed E-state index contributed by atoms with van der Waals surface area (Å²) < 4.78 is 26.1.